The van der Waals surface area contributed by atoms with Crippen molar-refractivity contribution >= 4 is 5.91 Å². The Morgan fingerprint density at radius 1 is 1.33 bits per heavy atom. The topological polar surface area (TPSA) is 32.3 Å². The second-order valence-electron chi connectivity index (χ2n) is 4.09. The summed E-state index contributed by atoms with van der Waals surface area (Å²) in [5, 5.41) is 3.12. The van der Waals surface area contributed by atoms with Crippen molar-refractivity contribution in [1.29, 1.82) is 0 Å². The molecule has 0 aliphatic carbocycles. The lowest BCUT2D eigenvalue weighted by Gasteiger charge is -2.22. The van der Waals surface area contributed by atoms with E-state index < -0.39 is 0 Å². The number of carbonyl (C=O) groups is 1. The highest BCUT2D eigenvalue weighted by molar-refractivity contribution is 5.84. The molecule has 100 valence electrons. The summed E-state index contributed by atoms with van der Waals surface area (Å²) in [6.07, 6.45) is 0.952. The molecule has 1 N–H and O–H groups in total. The Bertz CT molecular complexity index is 390. The molecule has 0 bridgehead atoms. The molecule has 3 heteroatoms. The molecule has 0 spiro atoms. The van der Waals surface area contributed by atoms with Crippen molar-refractivity contribution in [3.05, 3.63) is 35.4 Å². The third-order valence-electron chi connectivity index (χ3n) is 3.25. The fourth-order valence-electron chi connectivity index (χ4n) is 2.32. The zero-order chi connectivity index (χ0) is 13.5. The number of hydrogen-bond donors (Lipinski definition) is 1. The molecule has 0 fully saturated rings. The maximum absolute atomic E-state index is 12.2. The zero-order valence-corrected chi connectivity index (χ0v) is 11.9. The number of hydrogen-bond acceptors (Lipinski definition) is 2. The van der Waals surface area contributed by atoms with Gasteiger partial charge in [-0.3, -0.25) is 4.79 Å². The van der Waals surface area contributed by atoms with Crippen molar-refractivity contribution < 1.29 is 4.79 Å². The van der Waals surface area contributed by atoms with Crippen LogP contribution in [0, 0.1) is 0 Å². The number of carbonyl (C=O) groups excluding carboxylic acids is 1. The number of nitrogens with one attached hydrogen (secondary N) is 1. The largest absolute Gasteiger partial charge is 0.341 e. The first-order chi connectivity index (χ1) is 8.77. The van der Waals surface area contributed by atoms with Gasteiger partial charge in [0.15, 0.2) is 0 Å². The van der Waals surface area contributed by atoms with Gasteiger partial charge in [-0.1, -0.05) is 38.1 Å². The lowest BCUT2D eigenvalue weighted by Crippen LogP contribution is -2.38. The van der Waals surface area contributed by atoms with Gasteiger partial charge in [-0.15, -0.1) is 0 Å². The fourth-order valence-corrected chi connectivity index (χ4v) is 2.32. The first-order valence-corrected chi connectivity index (χ1v) is 6.81. The highest BCUT2D eigenvalue weighted by Gasteiger charge is 2.28. The summed E-state index contributed by atoms with van der Waals surface area (Å²) >= 11 is 0. The molecule has 1 aliphatic rings. The average molecular weight is 248 g/mol. The van der Waals surface area contributed by atoms with E-state index in [9.17, 15) is 4.79 Å². The van der Waals surface area contributed by atoms with E-state index in [2.05, 4.69) is 11.4 Å². The molecule has 18 heavy (non-hydrogen) atoms. The van der Waals surface area contributed by atoms with Gasteiger partial charge in [-0.2, -0.15) is 0 Å². The van der Waals surface area contributed by atoms with Gasteiger partial charge in [0.25, 0.3) is 0 Å². The van der Waals surface area contributed by atoms with Crippen LogP contribution >= 0.6 is 0 Å². The van der Waals surface area contributed by atoms with Crippen LogP contribution in [0.1, 0.15) is 37.9 Å². The molecule has 1 heterocycles. The molecular weight excluding hydrogens is 224 g/mol. The molecule has 0 radical (unpaired) electrons. The number of benzene rings is 1. The fraction of sp³-hybridized carbons (Fsp3) is 0.533. The second-order valence-corrected chi connectivity index (χ2v) is 4.09. The van der Waals surface area contributed by atoms with Crippen LogP contribution in [-0.4, -0.2) is 30.9 Å². The normalized spacial score (nSPS) is 18.6. The third-order valence-corrected chi connectivity index (χ3v) is 3.25. The van der Waals surface area contributed by atoms with E-state index in [1.165, 1.54) is 5.56 Å². The van der Waals surface area contributed by atoms with Crippen molar-refractivity contribution in [2.24, 2.45) is 0 Å². The molecule has 1 atom stereocenters. The van der Waals surface area contributed by atoms with Crippen molar-refractivity contribution in [3.8, 4) is 0 Å². The lowest BCUT2D eigenvalue weighted by molar-refractivity contribution is -0.132. The minimum atomic E-state index is -0.182. The van der Waals surface area contributed by atoms with Crippen LogP contribution in [0.5, 0.6) is 0 Å². The van der Waals surface area contributed by atoms with Crippen LogP contribution < -0.4 is 5.32 Å². The number of rotatable bonds is 2. The summed E-state index contributed by atoms with van der Waals surface area (Å²) in [5.41, 5.74) is 2.41. The van der Waals surface area contributed by atoms with Gasteiger partial charge >= 0.3 is 0 Å². The Morgan fingerprint density at radius 2 is 2.00 bits per heavy atom. The Morgan fingerprint density at radius 3 is 2.61 bits per heavy atom. The van der Waals surface area contributed by atoms with Crippen molar-refractivity contribution in [3.63, 3.8) is 0 Å². The van der Waals surface area contributed by atoms with Crippen molar-refractivity contribution in [1.82, 2.24) is 10.2 Å². The number of nitrogens with zero attached hydrogens (tertiary/aromatic N) is 1. The molecule has 1 aliphatic heterocycles. The summed E-state index contributed by atoms with van der Waals surface area (Å²) in [6.45, 7) is 7.64. The highest BCUT2D eigenvalue weighted by Crippen LogP contribution is 2.24. The first-order valence-electron chi connectivity index (χ1n) is 6.81. The quantitative estimate of drug-likeness (QED) is 0.871. The minimum Gasteiger partial charge on any atom is -0.341 e. The molecule has 0 aromatic heterocycles. The Balaban J connectivity index is 0.000000771. The van der Waals surface area contributed by atoms with Crippen molar-refractivity contribution in [2.75, 3.05) is 20.1 Å². The van der Waals surface area contributed by atoms with E-state index in [-0.39, 0.29) is 11.9 Å². The van der Waals surface area contributed by atoms with E-state index in [1.54, 1.807) is 0 Å². The van der Waals surface area contributed by atoms with Crippen LogP contribution in [0.3, 0.4) is 0 Å². The smallest absolute Gasteiger partial charge is 0.244 e. The van der Waals surface area contributed by atoms with Gasteiger partial charge in [0, 0.05) is 13.1 Å². The van der Waals surface area contributed by atoms with Gasteiger partial charge in [0.2, 0.25) is 5.91 Å². The predicted octanol–water partition coefficient (Wildman–Crippen LogP) is 2.38. The number of fused-ring (bicyclic) bond motifs is 1. The second kappa shape index (κ2) is 7.17. The molecule has 1 aromatic rings. The van der Waals surface area contributed by atoms with Gasteiger partial charge in [-0.05, 0) is 31.5 Å². The number of amides is 1. The third kappa shape index (κ3) is 2.91. The zero-order valence-electron chi connectivity index (χ0n) is 11.9. The Hall–Kier alpha value is -1.35. The Kier molecular flexibility index (Phi) is 5.86. The van der Waals surface area contributed by atoms with E-state index in [0.29, 0.717) is 0 Å². The summed E-state index contributed by atoms with van der Waals surface area (Å²) < 4.78 is 0. The van der Waals surface area contributed by atoms with E-state index >= 15 is 0 Å². The molecule has 2 rings (SSSR count). The Labute approximate surface area is 110 Å². The number of likely N-dealkylation sites (N-methyl/N-ethyl adjacent to an activating group) is 2. The van der Waals surface area contributed by atoms with Crippen LogP contribution in [0.2, 0.25) is 0 Å². The SMILES string of the molecule is CC.CCN1CCc2ccccc2C(NC)C1=O. The predicted molar refractivity (Wildman–Crippen MR) is 75.5 cm³/mol. The van der Waals surface area contributed by atoms with Gasteiger partial charge in [0.1, 0.15) is 6.04 Å². The molecule has 1 aromatic carbocycles. The first kappa shape index (κ1) is 14.7. The maximum atomic E-state index is 12.2. The summed E-state index contributed by atoms with van der Waals surface area (Å²) in [5.74, 6) is 0.190. The van der Waals surface area contributed by atoms with Crippen molar-refractivity contribution in [2.45, 2.75) is 33.2 Å². The minimum absolute atomic E-state index is 0.182. The lowest BCUT2D eigenvalue weighted by atomic mass is 9.99. The summed E-state index contributed by atoms with van der Waals surface area (Å²) in [7, 11) is 1.85. The molecule has 3 nitrogen and oxygen atoms in total. The molecule has 0 saturated heterocycles. The van der Waals surface area contributed by atoms with E-state index in [0.717, 1.165) is 25.1 Å². The van der Waals surface area contributed by atoms with Crippen LogP contribution in [0.4, 0.5) is 0 Å². The van der Waals surface area contributed by atoms with Gasteiger partial charge < -0.3 is 10.2 Å². The average Bonchev–Trinajstić information content (AvgIpc) is 2.57. The van der Waals surface area contributed by atoms with E-state index in [4.69, 9.17) is 0 Å². The van der Waals surface area contributed by atoms with Gasteiger partial charge in [0.05, 0.1) is 0 Å². The standard InChI is InChI=1S/C13H18N2O.C2H6/c1-3-15-9-8-10-6-4-5-7-11(10)12(14-2)13(15)16;1-2/h4-7,12,14H,3,8-9H2,1-2H3;1-2H3. The molecule has 1 unspecified atom stereocenters. The van der Waals surface area contributed by atoms with E-state index in [1.807, 2.05) is 50.9 Å². The molecule has 0 saturated carbocycles. The van der Waals surface area contributed by atoms with Gasteiger partial charge in [-0.25, -0.2) is 0 Å². The summed E-state index contributed by atoms with van der Waals surface area (Å²) in [6, 6.07) is 8.02. The maximum Gasteiger partial charge on any atom is 0.244 e. The molecule has 1 amide bonds. The molecular formula is C15H24N2O. The van der Waals surface area contributed by atoms with Crippen LogP contribution in [0.25, 0.3) is 0 Å². The monoisotopic (exact) mass is 248 g/mol. The summed E-state index contributed by atoms with van der Waals surface area (Å²) in [4.78, 5) is 14.2. The van der Waals surface area contributed by atoms with Crippen LogP contribution in [-0.2, 0) is 11.2 Å². The highest BCUT2D eigenvalue weighted by atomic mass is 16.2. The van der Waals surface area contributed by atoms with Crippen LogP contribution in [0.15, 0.2) is 24.3 Å².